The number of hydrazine groups is 1. The number of nitrogens with zero attached hydrogens (tertiary/aromatic N) is 1. The minimum Gasteiger partial charge on any atom is -0.450 e. The summed E-state index contributed by atoms with van der Waals surface area (Å²) in [4.78, 5) is 10.5. The number of halogens is 1. The van der Waals surface area contributed by atoms with Gasteiger partial charge in [0.2, 0.25) is 5.75 Å². The third-order valence-corrected chi connectivity index (χ3v) is 2.85. The molecule has 0 atom stereocenters. The van der Waals surface area contributed by atoms with Crippen LogP contribution in [0, 0.1) is 10.1 Å². The maximum atomic E-state index is 11.1. The van der Waals surface area contributed by atoms with Crippen LogP contribution in [0.1, 0.15) is 0 Å². The normalized spacial score (nSPS) is 10.0. The average Bonchev–Trinajstić information content (AvgIpc) is 2.38. The van der Waals surface area contributed by atoms with Gasteiger partial charge in [0, 0.05) is 4.47 Å². The Hall–Kier alpha value is -2.12. The number of benzene rings is 2. The first-order valence-electron chi connectivity index (χ1n) is 5.29. The van der Waals surface area contributed by atoms with Crippen molar-refractivity contribution in [1.29, 1.82) is 0 Å². The third-order valence-electron chi connectivity index (χ3n) is 2.36. The Morgan fingerprint density at radius 1 is 1.26 bits per heavy atom. The molecule has 0 aliphatic heterocycles. The van der Waals surface area contributed by atoms with E-state index in [9.17, 15) is 10.1 Å². The monoisotopic (exact) mass is 323 g/mol. The molecule has 0 spiro atoms. The van der Waals surface area contributed by atoms with Crippen molar-refractivity contribution in [3.8, 4) is 11.5 Å². The van der Waals surface area contributed by atoms with Crippen molar-refractivity contribution in [3.05, 3.63) is 57.1 Å². The van der Waals surface area contributed by atoms with E-state index in [0.29, 0.717) is 5.75 Å². The van der Waals surface area contributed by atoms with Crippen LogP contribution >= 0.6 is 15.9 Å². The summed E-state index contributed by atoms with van der Waals surface area (Å²) in [5.74, 6) is 5.87. The number of hydrogen-bond donors (Lipinski definition) is 2. The minimum atomic E-state index is -0.539. The summed E-state index contributed by atoms with van der Waals surface area (Å²) in [6.07, 6.45) is 0. The molecule has 0 aliphatic rings. The maximum Gasteiger partial charge on any atom is 0.335 e. The van der Waals surface area contributed by atoms with Crippen LogP contribution in [-0.2, 0) is 0 Å². The highest BCUT2D eigenvalue weighted by Gasteiger charge is 2.21. The Morgan fingerprint density at radius 3 is 2.63 bits per heavy atom. The van der Waals surface area contributed by atoms with Gasteiger partial charge in [-0.05, 0) is 30.3 Å². The van der Waals surface area contributed by atoms with Crippen molar-refractivity contribution in [1.82, 2.24) is 0 Å². The Labute approximate surface area is 117 Å². The first kappa shape index (κ1) is 13.3. The van der Waals surface area contributed by atoms with Crippen LogP contribution in [0.4, 0.5) is 11.4 Å². The molecule has 0 saturated carbocycles. The zero-order valence-electron chi connectivity index (χ0n) is 9.67. The Kier molecular flexibility index (Phi) is 3.98. The van der Waals surface area contributed by atoms with Gasteiger partial charge in [-0.3, -0.25) is 16.0 Å². The lowest BCUT2D eigenvalue weighted by Crippen LogP contribution is -2.09. The predicted octanol–water partition coefficient (Wildman–Crippen LogP) is 3.44. The fourth-order valence-electron chi connectivity index (χ4n) is 1.57. The molecule has 3 N–H and O–H groups in total. The first-order valence-corrected chi connectivity index (χ1v) is 6.08. The van der Waals surface area contributed by atoms with Crippen molar-refractivity contribution in [2.45, 2.75) is 0 Å². The van der Waals surface area contributed by atoms with Crippen LogP contribution in [0.25, 0.3) is 0 Å². The third kappa shape index (κ3) is 3.01. The topological polar surface area (TPSA) is 90.4 Å². The minimum absolute atomic E-state index is 0.124. The van der Waals surface area contributed by atoms with E-state index < -0.39 is 4.92 Å². The Morgan fingerprint density at radius 2 is 2.00 bits per heavy atom. The zero-order chi connectivity index (χ0) is 13.8. The highest BCUT2D eigenvalue weighted by Crippen LogP contribution is 2.37. The second-order valence-corrected chi connectivity index (χ2v) is 4.53. The molecule has 2 aromatic carbocycles. The summed E-state index contributed by atoms with van der Waals surface area (Å²) >= 11 is 3.30. The molecule has 0 amide bonds. The van der Waals surface area contributed by atoms with E-state index in [1.54, 1.807) is 24.3 Å². The SMILES string of the molecule is NNc1cccc(Oc2cccc(Br)c2)c1[N+](=O)[O-]. The van der Waals surface area contributed by atoms with E-state index in [0.717, 1.165) is 4.47 Å². The van der Waals surface area contributed by atoms with Crippen LogP contribution in [0.3, 0.4) is 0 Å². The van der Waals surface area contributed by atoms with Gasteiger partial charge in [-0.25, -0.2) is 0 Å². The van der Waals surface area contributed by atoms with Gasteiger partial charge < -0.3 is 10.2 Å². The fourth-order valence-corrected chi connectivity index (χ4v) is 1.95. The quantitative estimate of drug-likeness (QED) is 0.511. The molecule has 0 fully saturated rings. The lowest BCUT2D eigenvalue weighted by Gasteiger charge is -2.09. The standard InChI is InChI=1S/C12H10BrN3O3/c13-8-3-1-4-9(7-8)19-11-6-2-5-10(15-14)12(11)16(17)18/h1-7,15H,14H2. The zero-order valence-corrected chi connectivity index (χ0v) is 11.3. The van der Waals surface area contributed by atoms with Crippen molar-refractivity contribution in [2.24, 2.45) is 5.84 Å². The molecule has 0 aliphatic carbocycles. The van der Waals surface area contributed by atoms with Crippen molar-refractivity contribution >= 4 is 27.3 Å². The number of nitro benzene ring substituents is 1. The van der Waals surface area contributed by atoms with E-state index >= 15 is 0 Å². The van der Waals surface area contributed by atoms with E-state index in [4.69, 9.17) is 10.6 Å². The number of hydrogen-bond acceptors (Lipinski definition) is 5. The Bertz CT molecular complexity index is 619. The molecule has 0 radical (unpaired) electrons. The summed E-state index contributed by atoms with van der Waals surface area (Å²) in [7, 11) is 0. The van der Waals surface area contributed by atoms with Gasteiger partial charge in [-0.15, -0.1) is 0 Å². The lowest BCUT2D eigenvalue weighted by atomic mass is 10.2. The molecule has 0 saturated heterocycles. The number of ether oxygens (including phenoxy) is 1. The average molecular weight is 324 g/mol. The second kappa shape index (κ2) is 5.68. The van der Waals surface area contributed by atoms with E-state index in [1.807, 2.05) is 6.07 Å². The molecule has 0 unspecified atom stereocenters. The number of nitrogen functional groups attached to an aromatic ring is 1. The van der Waals surface area contributed by atoms with Gasteiger partial charge in [0.1, 0.15) is 11.4 Å². The van der Waals surface area contributed by atoms with Crippen molar-refractivity contribution in [2.75, 3.05) is 5.43 Å². The number of rotatable bonds is 4. The van der Waals surface area contributed by atoms with Gasteiger partial charge in [0.15, 0.2) is 0 Å². The summed E-state index contributed by atoms with van der Waals surface area (Å²) in [6.45, 7) is 0. The van der Waals surface area contributed by atoms with Crippen LogP contribution in [0.15, 0.2) is 46.9 Å². The summed E-state index contributed by atoms with van der Waals surface area (Å²) in [6, 6.07) is 11.7. The molecule has 2 rings (SSSR count). The number of nitrogens with one attached hydrogen (secondary N) is 1. The van der Waals surface area contributed by atoms with Crippen LogP contribution in [-0.4, -0.2) is 4.92 Å². The fraction of sp³-hybridized carbons (Fsp3) is 0. The Balaban J connectivity index is 2.42. The number of anilines is 1. The molecule has 98 valence electrons. The van der Waals surface area contributed by atoms with E-state index in [2.05, 4.69) is 21.4 Å². The molecule has 7 heteroatoms. The molecule has 0 aromatic heterocycles. The first-order chi connectivity index (χ1) is 9.11. The number of nitro groups is 1. The van der Waals surface area contributed by atoms with Gasteiger partial charge in [-0.1, -0.05) is 28.1 Å². The molecule has 2 aromatic rings. The predicted molar refractivity (Wildman–Crippen MR) is 75.1 cm³/mol. The highest BCUT2D eigenvalue weighted by molar-refractivity contribution is 9.10. The molecule has 0 bridgehead atoms. The smallest absolute Gasteiger partial charge is 0.335 e. The van der Waals surface area contributed by atoms with Crippen molar-refractivity contribution < 1.29 is 9.66 Å². The maximum absolute atomic E-state index is 11.1. The van der Waals surface area contributed by atoms with Gasteiger partial charge in [-0.2, -0.15) is 0 Å². The molecule has 19 heavy (non-hydrogen) atoms. The molecule has 0 heterocycles. The van der Waals surface area contributed by atoms with Crippen LogP contribution in [0.2, 0.25) is 0 Å². The summed E-state index contributed by atoms with van der Waals surface area (Å²) < 4.78 is 6.35. The summed E-state index contributed by atoms with van der Waals surface area (Å²) in [5.41, 5.74) is 2.27. The van der Waals surface area contributed by atoms with Crippen LogP contribution in [0.5, 0.6) is 11.5 Å². The second-order valence-electron chi connectivity index (χ2n) is 3.61. The van der Waals surface area contributed by atoms with Gasteiger partial charge in [0.05, 0.1) is 4.92 Å². The van der Waals surface area contributed by atoms with Crippen molar-refractivity contribution in [3.63, 3.8) is 0 Å². The van der Waals surface area contributed by atoms with E-state index in [1.165, 1.54) is 12.1 Å². The van der Waals surface area contributed by atoms with E-state index in [-0.39, 0.29) is 17.1 Å². The number of para-hydroxylation sites is 1. The summed E-state index contributed by atoms with van der Waals surface area (Å²) in [5, 5.41) is 11.1. The molecule has 6 nitrogen and oxygen atoms in total. The van der Waals surface area contributed by atoms with Gasteiger partial charge in [0.25, 0.3) is 0 Å². The molecular formula is C12H10BrN3O3. The lowest BCUT2D eigenvalue weighted by molar-refractivity contribution is -0.384. The highest BCUT2D eigenvalue weighted by atomic mass is 79.9. The number of nitrogens with two attached hydrogens (primary N) is 1. The molecular weight excluding hydrogens is 314 g/mol. The van der Waals surface area contributed by atoms with Crippen LogP contribution < -0.4 is 16.0 Å². The van der Waals surface area contributed by atoms with Gasteiger partial charge >= 0.3 is 5.69 Å². The largest absolute Gasteiger partial charge is 0.450 e.